The summed E-state index contributed by atoms with van der Waals surface area (Å²) in [5, 5.41) is 3.35. The molecule has 0 saturated carbocycles. The minimum Gasteiger partial charge on any atom is -0.372 e. The maximum atomic E-state index is 12.4. The SMILES string of the molecule is C#C.C#C.C=C.C=C(F)C=C(C)C.CCCC(CCC)S(=O)(=O)CCCCCNCc1cccc(CC)c1.NC(=O)CCl.NC=O. The minimum atomic E-state index is -2.91. The molecule has 0 aliphatic carbocycles. The molecule has 0 aromatic heterocycles. The van der Waals surface area contributed by atoms with Gasteiger partial charge in [-0.2, -0.15) is 0 Å². The number of allylic oxidation sites excluding steroid dienone is 3. The van der Waals surface area contributed by atoms with Gasteiger partial charge >= 0.3 is 0 Å². The van der Waals surface area contributed by atoms with Crippen molar-refractivity contribution in [2.24, 2.45) is 11.5 Å². The van der Waals surface area contributed by atoms with Crippen molar-refractivity contribution >= 4 is 33.8 Å². The average molecular weight is 686 g/mol. The number of nitrogens with one attached hydrogen (secondary N) is 1. The molecule has 0 unspecified atom stereocenters. The lowest BCUT2D eigenvalue weighted by Gasteiger charge is -2.16. The largest absolute Gasteiger partial charge is 0.372 e. The van der Waals surface area contributed by atoms with E-state index in [1.807, 2.05) is 13.8 Å². The topological polar surface area (TPSA) is 132 Å². The van der Waals surface area contributed by atoms with Crippen LogP contribution in [-0.4, -0.2) is 44.2 Å². The summed E-state index contributed by atoms with van der Waals surface area (Å²) in [5.74, 6) is -0.581. The van der Waals surface area contributed by atoms with Crippen LogP contribution in [0.5, 0.6) is 0 Å². The number of hydrogen-bond acceptors (Lipinski definition) is 5. The average Bonchev–Trinajstić information content (AvgIpc) is 3.03. The summed E-state index contributed by atoms with van der Waals surface area (Å²) < 4.78 is 36.5. The van der Waals surface area contributed by atoms with Crippen molar-refractivity contribution < 1.29 is 22.4 Å². The van der Waals surface area contributed by atoms with E-state index in [0.29, 0.717) is 5.75 Å². The predicted molar refractivity (Wildman–Crippen MR) is 200 cm³/mol. The van der Waals surface area contributed by atoms with Gasteiger partial charge in [0, 0.05) is 6.54 Å². The highest BCUT2D eigenvalue weighted by atomic mass is 35.5. The summed E-state index contributed by atoms with van der Waals surface area (Å²) in [4.78, 5) is 18.0. The van der Waals surface area contributed by atoms with Crippen LogP contribution in [0.15, 0.2) is 61.5 Å². The number of unbranched alkanes of at least 4 members (excludes halogenated alkanes) is 2. The molecule has 1 aromatic rings. The lowest BCUT2D eigenvalue weighted by molar-refractivity contribution is -0.115. The highest BCUT2D eigenvalue weighted by Gasteiger charge is 2.22. The number of halogens is 2. The van der Waals surface area contributed by atoms with Crippen molar-refractivity contribution in [2.75, 3.05) is 18.2 Å². The van der Waals surface area contributed by atoms with Gasteiger partial charge in [0.1, 0.15) is 11.7 Å². The fraction of sp³-hybridized carbons (Fsp3) is 0.500. The molecule has 0 aliphatic heterocycles. The lowest BCUT2D eigenvalue weighted by Crippen LogP contribution is -2.24. The Morgan fingerprint density at radius 1 is 1.02 bits per heavy atom. The molecule has 0 atom stereocenters. The van der Waals surface area contributed by atoms with E-state index in [2.05, 4.69) is 107 Å². The standard InChI is InChI=1S/C21H37NO2S.C6H9F.C2H4ClNO.C2H4.2C2H2.CH3NO/c1-4-11-21(12-5-2)25(23,24)16-9-7-8-15-22-18-20-14-10-13-19(6-3)17-20;1-5(2)4-6(3)7;3-1-2(4)5;3*1-2;2-1-3/h10,13-14,17,21-22H,4-9,11-12,15-16,18H2,1-3H3;4H,3H2,1-2H3;1H2,(H2,4,5);1-2H2;2*1-2H;1H,(H2,2,3). The maximum Gasteiger partial charge on any atom is 0.232 e. The Kier molecular flexibility index (Phi) is 52.4. The fourth-order valence-corrected chi connectivity index (χ4v) is 5.68. The molecule has 0 bridgehead atoms. The van der Waals surface area contributed by atoms with Crippen molar-refractivity contribution in [3.8, 4) is 25.7 Å². The lowest BCUT2D eigenvalue weighted by atomic mass is 10.1. The Labute approximate surface area is 286 Å². The van der Waals surface area contributed by atoms with E-state index >= 15 is 0 Å². The minimum absolute atomic E-state index is 0.0833. The van der Waals surface area contributed by atoms with Crippen LogP contribution >= 0.6 is 11.6 Å². The zero-order chi connectivity index (χ0) is 37.4. The molecule has 46 heavy (non-hydrogen) atoms. The summed E-state index contributed by atoms with van der Waals surface area (Å²) in [5.41, 5.74) is 12.3. The van der Waals surface area contributed by atoms with E-state index in [1.165, 1.54) is 17.2 Å². The third-order valence-corrected chi connectivity index (χ3v) is 7.93. The van der Waals surface area contributed by atoms with Gasteiger partial charge in [0.25, 0.3) is 0 Å². The number of aryl methyl sites for hydroxylation is 1. The zero-order valence-corrected chi connectivity index (χ0v) is 30.5. The summed E-state index contributed by atoms with van der Waals surface area (Å²) in [6.07, 6.45) is 25.0. The molecule has 0 spiro atoms. The highest BCUT2D eigenvalue weighted by Crippen LogP contribution is 2.17. The number of alkyl halides is 1. The molecule has 10 heteroatoms. The van der Waals surface area contributed by atoms with Crippen LogP contribution in [0.3, 0.4) is 0 Å². The molecular weight excluding hydrogens is 625 g/mol. The van der Waals surface area contributed by atoms with Crippen molar-refractivity contribution in [3.05, 3.63) is 72.6 Å². The Balaban J connectivity index is -0.000000156. The number of amides is 2. The second kappa shape index (κ2) is 43.8. The Morgan fingerprint density at radius 2 is 1.48 bits per heavy atom. The first kappa shape index (κ1) is 55.1. The molecule has 0 radical (unpaired) electrons. The maximum absolute atomic E-state index is 12.4. The first-order valence-corrected chi connectivity index (χ1v) is 17.3. The quantitative estimate of drug-likeness (QED) is 0.0416. The van der Waals surface area contributed by atoms with Crippen molar-refractivity contribution in [3.63, 3.8) is 0 Å². The second-order valence-electron chi connectivity index (χ2n) is 9.38. The molecule has 5 N–H and O–H groups in total. The molecule has 1 rings (SSSR count). The predicted octanol–water partition coefficient (Wildman–Crippen LogP) is 7.44. The first-order chi connectivity index (χ1) is 21.8. The third kappa shape index (κ3) is 45.1. The van der Waals surface area contributed by atoms with Crippen molar-refractivity contribution in [2.45, 2.75) is 97.8 Å². The second-order valence-corrected chi connectivity index (χ2v) is 12.0. The number of terminal acetylenes is 2. The first-order valence-electron chi connectivity index (χ1n) is 15.0. The smallest absolute Gasteiger partial charge is 0.232 e. The Morgan fingerprint density at radius 3 is 1.83 bits per heavy atom. The van der Waals surface area contributed by atoms with Gasteiger partial charge in [-0.15, -0.1) is 50.5 Å². The zero-order valence-electron chi connectivity index (χ0n) is 28.9. The third-order valence-electron chi connectivity index (χ3n) is 5.32. The van der Waals surface area contributed by atoms with Crippen LogP contribution in [0.2, 0.25) is 0 Å². The molecule has 1 aromatic carbocycles. The molecule has 0 heterocycles. The van der Waals surface area contributed by atoms with E-state index in [-0.39, 0.29) is 23.4 Å². The summed E-state index contributed by atoms with van der Waals surface area (Å²) >= 11 is 4.86. The monoisotopic (exact) mass is 685 g/mol. The van der Waals surface area contributed by atoms with Crippen molar-refractivity contribution in [1.82, 2.24) is 5.32 Å². The normalized spacial score (nSPS) is 8.96. The van der Waals surface area contributed by atoms with Crippen LogP contribution in [-0.2, 0) is 32.4 Å². The number of hydrogen-bond donors (Lipinski definition) is 3. The van der Waals surface area contributed by atoms with Gasteiger partial charge in [-0.25, -0.2) is 12.8 Å². The number of carbonyl (C=O) groups excluding carboxylic acids is 2. The van der Waals surface area contributed by atoms with Crippen LogP contribution in [0.25, 0.3) is 0 Å². The number of primary amides is 2. The van der Waals surface area contributed by atoms with E-state index < -0.39 is 15.7 Å². The van der Waals surface area contributed by atoms with Gasteiger partial charge in [-0.05, 0) is 69.7 Å². The van der Waals surface area contributed by atoms with E-state index in [4.69, 9.17) is 16.4 Å². The number of carbonyl (C=O) groups is 2. The fourth-order valence-electron chi connectivity index (χ4n) is 3.55. The van der Waals surface area contributed by atoms with Gasteiger partial charge in [0.15, 0.2) is 9.84 Å². The van der Waals surface area contributed by atoms with Gasteiger partial charge in [-0.1, -0.05) is 76.5 Å². The van der Waals surface area contributed by atoms with Crippen LogP contribution in [0.1, 0.15) is 90.7 Å². The molecule has 7 nitrogen and oxygen atoms in total. The summed E-state index contributed by atoms with van der Waals surface area (Å²) in [7, 11) is -2.91. The van der Waals surface area contributed by atoms with Gasteiger partial charge in [-0.3, -0.25) is 9.59 Å². The van der Waals surface area contributed by atoms with Crippen molar-refractivity contribution in [1.29, 1.82) is 0 Å². The molecule has 0 saturated heterocycles. The molecule has 0 fully saturated rings. The molecule has 2 amide bonds. The molecular formula is C36H61ClFN3O4S. The van der Waals surface area contributed by atoms with Crippen LogP contribution < -0.4 is 16.8 Å². The highest BCUT2D eigenvalue weighted by molar-refractivity contribution is 7.92. The molecule has 264 valence electrons. The van der Waals surface area contributed by atoms with E-state index in [0.717, 1.165) is 70.0 Å². The number of sulfone groups is 1. The van der Waals surface area contributed by atoms with E-state index in [9.17, 15) is 17.6 Å². The van der Waals surface area contributed by atoms with Crippen LogP contribution in [0, 0.1) is 25.7 Å². The number of rotatable bonds is 16. The Bertz CT molecular complexity index is 1030. The number of benzene rings is 1. The Hall–Kier alpha value is -3.37. The van der Waals surface area contributed by atoms with E-state index in [1.54, 1.807) is 0 Å². The summed E-state index contributed by atoms with van der Waals surface area (Å²) in [6, 6.07) is 8.68. The number of nitrogens with two attached hydrogens (primary N) is 2. The van der Waals surface area contributed by atoms with Gasteiger partial charge in [0.2, 0.25) is 12.3 Å². The van der Waals surface area contributed by atoms with Crippen LogP contribution in [0.4, 0.5) is 4.39 Å². The molecule has 0 aliphatic rings. The van der Waals surface area contributed by atoms with Gasteiger partial charge < -0.3 is 16.8 Å². The summed E-state index contributed by atoms with van der Waals surface area (Å²) in [6.45, 7) is 20.9. The van der Waals surface area contributed by atoms with Gasteiger partial charge in [0.05, 0.1) is 11.0 Å².